The Morgan fingerprint density at radius 1 is 1.22 bits per heavy atom. The standard InChI is InChI=1S/C14H19N3S/c1-10-5-6-12(11(2)15-10)16-13-17-14(9-18-13)7-3-4-8-14/h5-6H,3-4,7-9H2,1-2H3,(H,16,17). The van der Waals surface area contributed by atoms with E-state index >= 15 is 0 Å². The van der Waals surface area contributed by atoms with E-state index in [4.69, 9.17) is 4.99 Å². The summed E-state index contributed by atoms with van der Waals surface area (Å²) >= 11 is 1.86. The zero-order valence-corrected chi connectivity index (χ0v) is 11.8. The number of aromatic nitrogens is 1. The molecule has 3 rings (SSSR count). The molecule has 1 saturated carbocycles. The fourth-order valence-corrected chi connectivity index (χ4v) is 3.97. The van der Waals surface area contributed by atoms with Gasteiger partial charge in [0.2, 0.25) is 0 Å². The molecule has 18 heavy (non-hydrogen) atoms. The van der Waals surface area contributed by atoms with Gasteiger partial charge < -0.3 is 5.32 Å². The Hall–Kier alpha value is -1.03. The number of hydrogen-bond donors (Lipinski definition) is 1. The molecule has 96 valence electrons. The summed E-state index contributed by atoms with van der Waals surface area (Å²) in [6.45, 7) is 4.06. The van der Waals surface area contributed by atoms with Gasteiger partial charge in [-0.3, -0.25) is 9.98 Å². The molecule has 1 fully saturated rings. The van der Waals surface area contributed by atoms with Crippen LogP contribution in [0, 0.1) is 13.8 Å². The van der Waals surface area contributed by atoms with Gasteiger partial charge in [0.25, 0.3) is 0 Å². The molecule has 1 aromatic rings. The van der Waals surface area contributed by atoms with Crippen molar-refractivity contribution in [3.8, 4) is 0 Å². The first kappa shape index (κ1) is 12.0. The second-order valence-electron chi connectivity index (χ2n) is 5.35. The summed E-state index contributed by atoms with van der Waals surface area (Å²) in [6, 6.07) is 4.14. The first-order valence-electron chi connectivity index (χ1n) is 6.61. The van der Waals surface area contributed by atoms with Crippen molar-refractivity contribution in [1.29, 1.82) is 0 Å². The molecule has 0 bridgehead atoms. The molecule has 0 aromatic carbocycles. The van der Waals surface area contributed by atoms with E-state index < -0.39 is 0 Å². The van der Waals surface area contributed by atoms with Crippen LogP contribution in [-0.2, 0) is 0 Å². The Morgan fingerprint density at radius 3 is 2.72 bits per heavy atom. The van der Waals surface area contributed by atoms with E-state index in [1.165, 1.54) is 25.7 Å². The molecule has 1 aliphatic carbocycles. The zero-order chi connectivity index (χ0) is 12.6. The number of nitrogens with one attached hydrogen (secondary N) is 1. The second-order valence-corrected chi connectivity index (χ2v) is 6.31. The van der Waals surface area contributed by atoms with Crippen LogP contribution >= 0.6 is 11.8 Å². The van der Waals surface area contributed by atoms with Crippen molar-refractivity contribution in [2.24, 2.45) is 4.99 Å². The lowest BCUT2D eigenvalue weighted by atomic mass is 10.0. The lowest BCUT2D eigenvalue weighted by Gasteiger charge is -2.16. The Balaban J connectivity index is 1.77. The summed E-state index contributed by atoms with van der Waals surface area (Å²) in [6.07, 6.45) is 5.19. The van der Waals surface area contributed by atoms with Crippen molar-refractivity contribution in [3.63, 3.8) is 0 Å². The van der Waals surface area contributed by atoms with Crippen LogP contribution in [-0.4, -0.2) is 21.4 Å². The topological polar surface area (TPSA) is 37.3 Å². The van der Waals surface area contributed by atoms with E-state index in [0.717, 1.165) is 28.0 Å². The Morgan fingerprint density at radius 2 is 2.00 bits per heavy atom. The molecule has 0 unspecified atom stereocenters. The van der Waals surface area contributed by atoms with Gasteiger partial charge in [-0.15, -0.1) is 0 Å². The van der Waals surface area contributed by atoms with E-state index in [9.17, 15) is 0 Å². The summed E-state index contributed by atoms with van der Waals surface area (Å²) < 4.78 is 0. The van der Waals surface area contributed by atoms with Crippen LogP contribution in [0.5, 0.6) is 0 Å². The summed E-state index contributed by atoms with van der Waals surface area (Å²) in [5.41, 5.74) is 3.44. The third kappa shape index (κ3) is 2.26. The minimum Gasteiger partial charge on any atom is -0.333 e. The SMILES string of the molecule is Cc1ccc(NC2=NC3(CCCC3)CS2)c(C)n1. The van der Waals surface area contributed by atoms with Gasteiger partial charge in [0.15, 0.2) is 5.17 Å². The molecule has 0 radical (unpaired) electrons. The van der Waals surface area contributed by atoms with Gasteiger partial charge in [-0.05, 0) is 38.8 Å². The quantitative estimate of drug-likeness (QED) is 0.840. The Kier molecular flexibility index (Phi) is 3.06. The molecule has 0 amide bonds. The molecule has 2 aliphatic rings. The van der Waals surface area contributed by atoms with E-state index in [2.05, 4.69) is 16.4 Å². The number of anilines is 1. The summed E-state index contributed by atoms with van der Waals surface area (Å²) in [5.74, 6) is 1.15. The van der Waals surface area contributed by atoms with Gasteiger partial charge in [0, 0.05) is 11.4 Å². The van der Waals surface area contributed by atoms with Crippen molar-refractivity contribution >= 4 is 22.6 Å². The highest BCUT2D eigenvalue weighted by atomic mass is 32.2. The molecule has 1 aliphatic heterocycles. The lowest BCUT2D eigenvalue weighted by Crippen LogP contribution is -2.21. The first-order valence-corrected chi connectivity index (χ1v) is 7.59. The molecular weight excluding hydrogens is 242 g/mol. The van der Waals surface area contributed by atoms with E-state index in [1.807, 2.05) is 31.7 Å². The smallest absolute Gasteiger partial charge is 0.161 e. The van der Waals surface area contributed by atoms with Gasteiger partial charge >= 0.3 is 0 Å². The van der Waals surface area contributed by atoms with Gasteiger partial charge in [-0.25, -0.2) is 0 Å². The molecular formula is C14H19N3S. The van der Waals surface area contributed by atoms with Crippen molar-refractivity contribution < 1.29 is 0 Å². The predicted octanol–water partition coefficient (Wildman–Crippen LogP) is 3.53. The van der Waals surface area contributed by atoms with Gasteiger partial charge in [0.1, 0.15) is 0 Å². The van der Waals surface area contributed by atoms with Crippen LogP contribution in [0.4, 0.5) is 5.69 Å². The molecule has 0 saturated heterocycles. The minimum absolute atomic E-state index is 0.249. The normalized spacial score (nSPS) is 21.3. The molecule has 0 atom stereocenters. The Labute approximate surface area is 112 Å². The van der Waals surface area contributed by atoms with E-state index in [-0.39, 0.29) is 5.54 Å². The molecule has 1 spiro atoms. The number of aryl methyl sites for hydroxylation is 2. The third-order valence-electron chi connectivity index (χ3n) is 3.82. The van der Waals surface area contributed by atoms with E-state index in [0.29, 0.717) is 0 Å². The van der Waals surface area contributed by atoms with Crippen molar-refractivity contribution in [3.05, 3.63) is 23.5 Å². The fraction of sp³-hybridized carbons (Fsp3) is 0.571. The van der Waals surface area contributed by atoms with Crippen molar-refractivity contribution in [1.82, 2.24) is 4.98 Å². The summed E-state index contributed by atoms with van der Waals surface area (Å²) in [5, 5.41) is 4.51. The van der Waals surface area contributed by atoms with Crippen molar-refractivity contribution in [2.45, 2.75) is 45.1 Å². The average Bonchev–Trinajstić information content (AvgIpc) is 2.94. The van der Waals surface area contributed by atoms with Gasteiger partial charge in [-0.1, -0.05) is 24.6 Å². The highest BCUT2D eigenvalue weighted by Crippen LogP contribution is 2.41. The number of rotatable bonds is 1. The highest BCUT2D eigenvalue weighted by Gasteiger charge is 2.38. The third-order valence-corrected chi connectivity index (χ3v) is 4.97. The predicted molar refractivity (Wildman–Crippen MR) is 78.4 cm³/mol. The Bertz CT molecular complexity index is 490. The van der Waals surface area contributed by atoms with Crippen LogP contribution in [0.2, 0.25) is 0 Å². The monoisotopic (exact) mass is 261 g/mol. The molecule has 4 heteroatoms. The summed E-state index contributed by atoms with van der Waals surface area (Å²) in [4.78, 5) is 9.40. The minimum atomic E-state index is 0.249. The largest absolute Gasteiger partial charge is 0.333 e. The number of amidine groups is 1. The van der Waals surface area contributed by atoms with Crippen LogP contribution in [0.15, 0.2) is 17.1 Å². The molecule has 1 aromatic heterocycles. The maximum absolute atomic E-state index is 4.92. The number of thioether (sulfide) groups is 1. The van der Waals surface area contributed by atoms with E-state index in [1.54, 1.807) is 0 Å². The van der Waals surface area contributed by atoms with Crippen LogP contribution in [0.1, 0.15) is 37.1 Å². The van der Waals surface area contributed by atoms with Crippen LogP contribution in [0.25, 0.3) is 0 Å². The molecule has 2 heterocycles. The number of aliphatic imine (C=N–C) groups is 1. The number of pyridine rings is 1. The first-order chi connectivity index (χ1) is 8.67. The maximum atomic E-state index is 4.92. The highest BCUT2D eigenvalue weighted by molar-refractivity contribution is 8.14. The van der Waals surface area contributed by atoms with Gasteiger partial charge in [-0.2, -0.15) is 0 Å². The fourth-order valence-electron chi connectivity index (χ4n) is 2.77. The average molecular weight is 261 g/mol. The maximum Gasteiger partial charge on any atom is 0.161 e. The zero-order valence-electron chi connectivity index (χ0n) is 11.0. The lowest BCUT2D eigenvalue weighted by molar-refractivity contribution is 0.508. The molecule has 3 nitrogen and oxygen atoms in total. The number of hydrogen-bond acceptors (Lipinski definition) is 4. The number of nitrogens with zero attached hydrogens (tertiary/aromatic N) is 2. The van der Waals surface area contributed by atoms with Crippen molar-refractivity contribution in [2.75, 3.05) is 11.1 Å². The second kappa shape index (κ2) is 4.57. The van der Waals surface area contributed by atoms with Crippen LogP contribution in [0.3, 0.4) is 0 Å². The molecule has 1 N–H and O–H groups in total. The summed E-state index contributed by atoms with van der Waals surface area (Å²) in [7, 11) is 0. The van der Waals surface area contributed by atoms with Crippen LogP contribution < -0.4 is 5.32 Å². The van der Waals surface area contributed by atoms with Gasteiger partial charge in [0.05, 0.1) is 16.9 Å².